The van der Waals surface area contributed by atoms with Crippen LogP contribution in [0.25, 0.3) is 0 Å². The normalized spacial score (nSPS) is 13.4. The highest BCUT2D eigenvalue weighted by Gasteiger charge is 2.07. The van der Waals surface area contributed by atoms with Crippen molar-refractivity contribution >= 4 is 0 Å². The number of unbranched alkanes of at least 4 members (excludes halogenated alkanes) is 4. The highest BCUT2D eigenvalue weighted by molar-refractivity contribution is 4.61. The molecule has 0 radical (unpaired) electrons. The molecule has 1 unspecified atom stereocenters. The topological polar surface area (TPSA) is 38.5 Å². The Morgan fingerprint density at radius 2 is 1.73 bits per heavy atom. The Kier molecular flexibility index (Phi) is 10.3. The summed E-state index contributed by atoms with van der Waals surface area (Å²) in [6.07, 6.45) is 6.40. The minimum Gasteiger partial charge on any atom is -0.383 e. The number of nitrogens with zero attached hydrogens (tertiary/aromatic N) is 1. The van der Waals surface area contributed by atoms with Crippen LogP contribution in [0, 0.1) is 0 Å². The number of nitrogens with two attached hydrogens (primary N) is 1. The lowest BCUT2D eigenvalue weighted by Crippen LogP contribution is -2.33. The van der Waals surface area contributed by atoms with Gasteiger partial charge < -0.3 is 15.4 Å². The van der Waals surface area contributed by atoms with Gasteiger partial charge in [-0.15, -0.1) is 0 Å². The van der Waals surface area contributed by atoms with Crippen LogP contribution in [0.1, 0.15) is 39.0 Å². The Bertz CT molecular complexity index is 131. The summed E-state index contributed by atoms with van der Waals surface area (Å²) in [5, 5.41) is 0. The van der Waals surface area contributed by atoms with Crippen LogP contribution in [0.2, 0.25) is 0 Å². The van der Waals surface area contributed by atoms with Crippen molar-refractivity contribution in [2.24, 2.45) is 5.73 Å². The van der Waals surface area contributed by atoms with Gasteiger partial charge in [-0.05, 0) is 39.9 Å². The molecular weight excluding hydrogens is 188 g/mol. The van der Waals surface area contributed by atoms with Crippen molar-refractivity contribution in [1.29, 1.82) is 0 Å². The number of likely N-dealkylation sites (N-methyl/N-ethyl adjacent to an activating group) is 1. The van der Waals surface area contributed by atoms with Crippen LogP contribution in [0.15, 0.2) is 0 Å². The maximum Gasteiger partial charge on any atom is 0.0615 e. The number of ether oxygens (including phenoxy) is 1. The van der Waals surface area contributed by atoms with E-state index in [0.717, 1.165) is 13.2 Å². The van der Waals surface area contributed by atoms with E-state index >= 15 is 0 Å². The average Bonchev–Trinajstić information content (AvgIpc) is 2.23. The summed E-state index contributed by atoms with van der Waals surface area (Å²) < 4.78 is 5.13. The molecule has 15 heavy (non-hydrogen) atoms. The predicted molar refractivity (Wildman–Crippen MR) is 66.1 cm³/mol. The van der Waals surface area contributed by atoms with Crippen LogP contribution in [0.4, 0.5) is 0 Å². The second-order valence-corrected chi connectivity index (χ2v) is 4.34. The quantitative estimate of drug-likeness (QED) is 0.567. The van der Waals surface area contributed by atoms with E-state index in [1.807, 2.05) is 0 Å². The molecule has 0 aliphatic heterocycles. The molecular formula is C12H28N2O. The van der Waals surface area contributed by atoms with Gasteiger partial charge in [0.05, 0.1) is 6.61 Å². The molecule has 3 heteroatoms. The Morgan fingerprint density at radius 1 is 1.13 bits per heavy atom. The van der Waals surface area contributed by atoms with Gasteiger partial charge in [-0.3, -0.25) is 0 Å². The number of rotatable bonds is 10. The lowest BCUT2D eigenvalue weighted by molar-refractivity contribution is 0.114. The van der Waals surface area contributed by atoms with E-state index in [1.54, 1.807) is 7.11 Å². The fourth-order valence-corrected chi connectivity index (χ4v) is 1.62. The van der Waals surface area contributed by atoms with Crippen LogP contribution < -0.4 is 5.73 Å². The van der Waals surface area contributed by atoms with Gasteiger partial charge in [-0.2, -0.15) is 0 Å². The largest absolute Gasteiger partial charge is 0.383 e. The van der Waals surface area contributed by atoms with Gasteiger partial charge in [-0.25, -0.2) is 0 Å². The lowest BCUT2D eigenvalue weighted by atomic mass is 10.1. The maximum absolute atomic E-state index is 5.44. The van der Waals surface area contributed by atoms with Gasteiger partial charge in [0.1, 0.15) is 0 Å². The van der Waals surface area contributed by atoms with Gasteiger partial charge in [0, 0.05) is 13.2 Å². The van der Waals surface area contributed by atoms with Gasteiger partial charge in [0.2, 0.25) is 0 Å². The second kappa shape index (κ2) is 10.4. The number of methoxy groups -OCH3 is 1. The Morgan fingerprint density at radius 3 is 2.33 bits per heavy atom. The van der Waals surface area contributed by atoms with Gasteiger partial charge in [-0.1, -0.05) is 19.3 Å². The highest BCUT2D eigenvalue weighted by Crippen LogP contribution is 2.04. The first-order valence-corrected chi connectivity index (χ1v) is 6.11. The van der Waals surface area contributed by atoms with E-state index in [2.05, 4.69) is 18.9 Å². The monoisotopic (exact) mass is 216 g/mol. The van der Waals surface area contributed by atoms with Crippen molar-refractivity contribution in [3.05, 3.63) is 0 Å². The van der Waals surface area contributed by atoms with E-state index < -0.39 is 0 Å². The van der Waals surface area contributed by atoms with Gasteiger partial charge in [0.25, 0.3) is 0 Å². The molecule has 1 atom stereocenters. The van der Waals surface area contributed by atoms with Gasteiger partial charge in [0.15, 0.2) is 0 Å². The highest BCUT2D eigenvalue weighted by atomic mass is 16.5. The van der Waals surface area contributed by atoms with Crippen molar-refractivity contribution in [3.63, 3.8) is 0 Å². The smallest absolute Gasteiger partial charge is 0.0615 e. The summed E-state index contributed by atoms with van der Waals surface area (Å²) in [6, 6.07) is 0.527. The molecule has 0 aliphatic rings. The first-order chi connectivity index (χ1) is 7.22. The minimum absolute atomic E-state index is 0.527. The summed E-state index contributed by atoms with van der Waals surface area (Å²) in [4.78, 5) is 2.37. The molecule has 0 rings (SSSR count). The van der Waals surface area contributed by atoms with Crippen molar-refractivity contribution < 1.29 is 4.74 Å². The van der Waals surface area contributed by atoms with Crippen LogP contribution in [0.5, 0.6) is 0 Å². The standard InChI is InChI=1S/C12H28N2O/c1-12(11-15-3)14(2)10-8-6-4-5-7-9-13/h12H,4-11,13H2,1-3H3. The molecule has 0 heterocycles. The maximum atomic E-state index is 5.44. The molecule has 3 nitrogen and oxygen atoms in total. The van der Waals surface area contributed by atoms with Crippen LogP contribution >= 0.6 is 0 Å². The molecule has 0 amide bonds. The Balaban J connectivity index is 3.26. The van der Waals surface area contributed by atoms with E-state index in [4.69, 9.17) is 10.5 Å². The van der Waals surface area contributed by atoms with E-state index in [0.29, 0.717) is 6.04 Å². The second-order valence-electron chi connectivity index (χ2n) is 4.34. The van der Waals surface area contributed by atoms with Crippen LogP contribution in [-0.4, -0.2) is 44.8 Å². The van der Waals surface area contributed by atoms with E-state index in [1.165, 1.54) is 38.6 Å². The Hall–Kier alpha value is -0.120. The molecule has 0 aromatic rings. The first kappa shape index (κ1) is 14.9. The van der Waals surface area contributed by atoms with Crippen LogP contribution in [-0.2, 0) is 4.74 Å². The SMILES string of the molecule is COCC(C)N(C)CCCCCCCN. The number of hydrogen-bond donors (Lipinski definition) is 1. The molecule has 2 N–H and O–H groups in total. The molecule has 0 saturated carbocycles. The van der Waals surface area contributed by atoms with Crippen molar-refractivity contribution in [2.75, 3.05) is 33.9 Å². The first-order valence-electron chi connectivity index (χ1n) is 6.11. The zero-order chi connectivity index (χ0) is 11.5. The predicted octanol–water partition coefficient (Wildman–Crippen LogP) is 1.86. The van der Waals surface area contributed by atoms with E-state index in [9.17, 15) is 0 Å². The molecule has 0 aromatic carbocycles. The fourth-order valence-electron chi connectivity index (χ4n) is 1.62. The van der Waals surface area contributed by atoms with Crippen LogP contribution in [0.3, 0.4) is 0 Å². The van der Waals surface area contributed by atoms with Crippen molar-refractivity contribution in [3.8, 4) is 0 Å². The fraction of sp³-hybridized carbons (Fsp3) is 1.00. The molecule has 0 saturated heterocycles. The average molecular weight is 216 g/mol. The summed E-state index contributed by atoms with van der Waals surface area (Å²) in [6.45, 7) is 5.04. The van der Waals surface area contributed by atoms with Gasteiger partial charge >= 0.3 is 0 Å². The molecule has 0 aromatic heterocycles. The number of hydrogen-bond acceptors (Lipinski definition) is 3. The zero-order valence-corrected chi connectivity index (χ0v) is 10.7. The molecule has 0 spiro atoms. The minimum atomic E-state index is 0.527. The lowest BCUT2D eigenvalue weighted by Gasteiger charge is -2.23. The summed E-state index contributed by atoms with van der Waals surface area (Å²) in [5.74, 6) is 0. The third-order valence-electron chi connectivity index (χ3n) is 2.88. The zero-order valence-electron chi connectivity index (χ0n) is 10.7. The summed E-state index contributed by atoms with van der Waals surface area (Å²) in [5.41, 5.74) is 5.44. The third-order valence-corrected chi connectivity index (χ3v) is 2.88. The Labute approximate surface area is 95.0 Å². The molecule has 92 valence electrons. The van der Waals surface area contributed by atoms with Crippen molar-refractivity contribution in [1.82, 2.24) is 4.90 Å². The van der Waals surface area contributed by atoms with E-state index in [-0.39, 0.29) is 0 Å². The molecule has 0 fully saturated rings. The summed E-state index contributed by atoms with van der Waals surface area (Å²) in [7, 11) is 3.93. The molecule has 0 bridgehead atoms. The molecule has 0 aliphatic carbocycles. The van der Waals surface area contributed by atoms with Crippen molar-refractivity contribution in [2.45, 2.75) is 45.1 Å². The summed E-state index contributed by atoms with van der Waals surface area (Å²) >= 11 is 0. The third kappa shape index (κ3) is 8.85.